The highest BCUT2D eigenvalue weighted by Crippen LogP contribution is 2.35. The van der Waals surface area contributed by atoms with Gasteiger partial charge in [-0.15, -0.1) is 0 Å². The predicted molar refractivity (Wildman–Crippen MR) is 114 cm³/mol. The number of fused-ring (bicyclic) bond motifs is 1. The zero-order chi connectivity index (χ0) is 21.6. The topological polar surface area (TPSA) is 95.5 Å². The summed E-state index contributed by atoms with van der Waals surface area (Å²) in [5, 5.41) is 11.9. The van der Waals surface area contributed by atoms with Gasteiger partial charge in [-0.3, -0.25) is 4.39 Å². The molecule has 2 aromatic carbocycles. The van der Waals surface area contributed by atoms with Gasteiger partial charge in [-0.2, -0.15) is 0 Å². The minimum atomic E-state index is -3.53. The van der Waals surface area contributed by atoms with Gasteiger partial charge in [0.1, 0.15) is 0 Å². The normalized spacial score (nSPS) is 18.6. The molecule has 6 nitrogen and oxygen atoms in total. The van der Waals surface area contributed by atoms with Gasteiger partial charge in [0.15, 0.2) is 0 Å². The second-order valence-electron chi connectivity index (χ2n) is 7.61. The summed E-state index contributed by atoms with van der Waals surface area (Å²) >= 11 is 0. The Morgan fingerprint density at radius 3 is 2.60 bits per heavy atom. The summed E-state index contributed by atoms with van der Waals surface area (Å²) in [7, 11) is -3.53. The van der Waals surface area contributed by atoms with Gasteiger partial charge in [-0.1, -0.05) is 48.5 Å². The SMILES string of the molecule is O=C(O)NC1CCc2ccc(CNS(=O)(=O)CCCF)cc2C1Cc1ccccc1. The van der Waals surface area contributed by atoms with E-state index in [-0.39, 0.29) is 30.7 Å². The molecule has 0 fully saturated rings. The van der Waals surface area contributed by atoms with Crippen molar-refractivity contribution in [2.24, 2.45) is 0 Å². The smallest absolute Gasteiger partial charge is 0.404 e. The molecule has 1 amide bonds. The van der Waals surface area contributed by atoms with Gasteiger partial charge in [-0.25, -0.2) is 17.9 Å². The van der Waals surface area contributed by atoms with Crippen LogP contribution in [0, 0.1) is 0 Å². The molecule has 0 saturated carbocycles. The van der Waals surface area contributed by atoms with Crippen LogP contribution in [0.15, 0.2) is 48.5 Å². The third kappa shape index (κ3) is 6.03. The fraction of sp³-hybridized carbons (Fsp3) is 0.409. The van der Waals surface area contributed by atoms with Crippen LogP contribution in [0.3, 0.4) is 0 Å². The maximum Gasteiger partial charge on any atom is 0.404 e. The van der Waals surface area contributed by atoms with Crippen LogP contribution in [0.25, 0.3) is 0 Å². The predicted octanol–water partition coefficient (Wildman–Crippen LogP) is 3.37. The van der Waals surface area contributed by atoms with Crippen molar-refractivity contribution in [1.82, 2.24) is 10.0 Å². The second kappa shape index (κ2) is 10.0. The molecular weight excluding hydrogens is 407 g/mol. The van der Waals surface area contributed by atoms with E-state index in [1.54, 1.807) is 0 Å². The standard InChI is InChI=1S/C22H27FN2O4S/c23-11-4-12-30(28,29)24-15-17-7-8-18-9-10-21(25-22(26)27)20(19(18)14-17)13-16-5-2-1-3-6-16/h1-3,5-8,14,20-21,24-25H,4,9-13,15H2,(H,26,27). The lowest BCUT2D eigenvalue weighted by Crippen LogP contribution is -2.42. The molecule has 30 heavy (non-hydrogen) atoms. The first-order valence-electron chi connectivity index (χ1n) is 10.1. The van der Waals surface area contributed by atoms with Crippen LogP contribution in [0.4, 0.5) is 9.18 Å². The van der Waals surface area contributed by atoms with Crippen molar-refractivity contribution in [3.05, 3.63) is 70.8 Å². The van der Waals surface area contributed by atoms with E-state index >= 15 is 0 Å². The summed E-state index contributed by atoms with van der Waals surface area (Å²) in [4.78, 5) is 11.3. The second-order valence-corrected chi connectivity index (χ2v) is 9.53. The number of alkyl halides is 1. The van der Waals surface area contributed by atoms with Crippen LogP contribution in [0.2, 0.25) is 0 Å². The number of hydrogen-bond donors (Lipinski definition) is 3. The van der Waals surface area contributed by atoms with E-state index in [0.717, 1.165) is 28.7 Å². The third-order valence-electron chi connectivity index (χ3n) is 5.47. The zero-order valence-corrected chi connectivity index (χ0v) is 17.5. The molecular formula is C22H27FN2O4S. The van der Waals surface area contributed by atoms with Crippen molar-refractivity contribution in [1.29, 1.82) is 0 Å². The number of aryl methyl sites for hydroxylation is 1. The van der Waals surface area contributed by atoms with Crippen molar-refractivity contribution in [2.75, 3.05) is 12.4 Å². The Balaban J connectivity index is 1.84. The van der Waals surface area contributed by atoms with Crippen LogP contribution in [0.5, 0.6) is 0 Å². The number of halogens is 1. The lowest BCUT2D eigenvalue weighted by atomic mass is 9.75. The number of rotatable bonds is 9. The highest BCUT2D eigenvalue weighted by atomic mass is 32.2. The Hall–Kier alpha value is -2.45. The van der Waals surface area contributed by atoms with E-state index in [0.29, 0.717) is 12.8 Å². The summed E-state index contributed by atoms with van der Waals surface area (Å²) < 4.78 is 38.8. The molecule has 0 heterocycles. The monoisotopic (exact) mass is 434 g/mol. The van der Waals surface area contributed by atoms with E-state index in [9.17, 15) is 22.7 Å². The number of carboxylic acid groups (broad SMARTS) is 1. The van der Waals surface area contributed by atoms with E-state index in [1.807, 2.05) is 48.5 Å². The van der Waals surface area contributed by atoms with Gasteiger partial charge >= 0.3 is 6.09 Å². The lowest BCUT2D eigenvalue weighted by molar-refractivity contribution is 0.185. The summed E-state index contributed by atoms with van der Waals surface area (Å²) in [6, 6.07) is 15.5. The number of sulfonamides is 1. The third-order valence-corrected chi connectivity index (χ3v) is 6.88. The van der Waals surface area contributed by atoms with Crippen molar-refractivity contribution >= 4 is 16.1 Å². The number of nitrogens with one attached hydrogen (secondary N) is 2. The van der Waals surface area contributed by atoms with Gasteiger partial charge in [-0.05, 0) is 47.9 Å². The molecule has 0 saturated heterocycles. The summed E-state index contributed by atoms with van der Waals surface area (Å²) in [6.45, 7) is -0.546. The van der Waals surface area contributed by atoms with E-state index in [2.05, 4.69) is 10.0 Å². The fourth-order valence-electron chi connectivity index (χ4n) is 4.02. The number of hydrogen-bond acceptors (Lipinski definition) is 3. The fourth-order valence-corrected chi connectivity index (χ4v) is 5.04. The molecule has 162 valence electrons. The molecule has 0 spiro atoms. The maximum atomic E-state index is 12.3. The molecule has 3 N–H and O–H groups in total. The van der Waals surface area contributed by atoms with Crippen LogP contribution < -0.4 is 10.0 Å². The summed E-state index contributed by atoms with van der Waals surface area (Å²) in [5.74, 6) is -0.286. The average Bonchev–Trinajstić information content (AvgIpc) is 2.73. The Morgan fingerprint density at radius 1 is 1.13 bits per heavy atom. The minimum Gasteiger partial charge on any atom is -0.465 e. The van der Waals surface area contributed by atoms with E-state index < -0.39 is 22.8 Å². The Kier molecular flexibility index (Phi) is 7.44. The van der Waals surface area contributed by atoms with Gasteiger partial charge < -0.3 is 10.4 Å². The van der Waals surface area contributed by atoms with Crippen LogP contribution >= 0.6 is 0 Å². The molecule has 2 aromatic rings. The molecule has 0 aromatic heterocycles. The molecule has 3 rings (SSSR count). The zero-order valence-electron chi connectivity index (χ0n) is 16.7. The molecule has 0 radical (unpaired) electrons. The van der Waals surface area contributed by atoms with Gasteiger partial charge in [0, 0.05) is 18.5 Å². The summed E-state index contributed by atoms with van der Waals surface area (Å²) in [5.41, 5.74) is 4.11. The van der Waals surface area contributed by atoms with Crippen molar-refractivity contribution in [2.45, 2.75) is 44.2 Å². The van der Waals surface area contributed by atoms with E-state index in [1.165, 1.54) is 0 Å². The van der Waals surface area contributed by atoms with Crippen LogP contribution in [0.1, 0.15) is 41.0 Å². The number of amides is 1. The van der Waals surface area contributed by atoms with Gasteiger partial charge in [0.25, 0.3) is 0 Å². The molecule has 1 aliphatic carbocycles. The highest BCUT2D eigenvalue weighted by Gasteiger charge is 2.31. The maximum absolute atomic E-state index is 12.3. The van der Waals surface area contributed by atoms with Gasteiger partial charge in [0.05, 0.1) is 12.4 Å². The van der Waals surface area contributed by atoms with E-state index in [4.69, 9.17) is 0 Å². The van der Waals surface area contributed by atoms with Crippen molar-refractivity contribution in [3.8, 4) is 0 Å². The minimum absolute atomic E-state index is 0.0266. The molecule has 1 aliphatic rings. The Bertz CT molecular complexity index is 966. The molecule has 2 unspecified atom stereocenters. The van der Waals surface area contributed by atoms with Crippen molar-refractivity contribution < 1.29 is 22.7 Å². The van der Waals surface area contributed by atoms with Crippen molar-refractivity contribution in [3.63, 3.8) is 0 Å². The number of carbonyl (C=O) groups is 1. The summed E-state index contributed by atoms with van der Waals surface area (Å²) in [6.07, 6.45) is 1.09. The van der Waals surface area contributed by atoms with Gasteiger partial charge in [0.2, 0.25) is 10.0 Å². The lowest BCUT2D eigenvalue weighted by Gasteiger charge is -2.34. The molecule has 2 atom stereocenters. The highest BCUT2D eigenvalue weighted by molar-refractivity contribution is 7.89. The Labute approximate surface area is 176 Å². The first-order valence-corrected chi connectivity index (χ1v) is 11.7. The molecule has 0 aliphatic heterocycles. The first-order chi connectivity index (χ1) is 14.4. The average molecular weight is 435 g/mol. The largest absolute Gasteiger partial charge is 0.465 e. The first kappa shape index (κ1) is 22.2. The molecule has 8 heteroatoms. The quantitative estimate of drug-likeness (QED) is 0.564. The number of benzene rings is 2. The van der Waals surface area contributed by atoms with Crippen LogP contribution in [-0.4, -0.2) is 38.1 Å². The van der Waals surface area contributed by atoms with Crippen LogP contribution in [-0.2, 0) is 29.4 Å². The Morgan fingerprint density at radius 2 is 1.90 bits per heavy atom. The molecule has 0 bridgehead atoms.